The van der Waals surface area contributed by atoms with Crippen LogP contribution in [0.25, 0.3) is 11.0 Å². The Bertz CT molecular complexity index is 807. The molecule has 22 heavy (non-hydrogen) atoms. The Labute approximate surface area is 133 Å². The van der Waals surface area contributed by atoms with Crippen LogP contribution in [0, 0.1) is 6.92 Å². The van der Waals surface area contributed by atoms with Crippen LogP contribution < -0.4 is 0 Å². The molecule has 0 saturated heterocycles. The number of thiophene rings is 1. The SMILES string of the molecule is CCN(C)C(=O)c1cc(C)nc2c1cnn2Cc1cccs1. The minimum absolute atomic E-state index is 0.00803. The second kappa shape index (κ2) is 5.88. The maximum Gasteiger partial charge on any atom is 0.254 e. The van der Waals surface area contributed by atoms with E-state index in [0.29, 0.717) is 18.7 Å². The molecule has 114 valence electrons. The van der Waals surface area contributed by atoms with E-state index in [1.165, 1.54) is 4.88 Å². The lowest BCUT2D eigenvalue weighted by Gasteiger charge is -2.15. The first-order chi connectivity index (χ1) is 10.6. The van der Waals surface area contributed by atoms with Crippen LogP contribution >= 0.6 is 11.3 Å². The molecule has 1 amide bonds. The summed E-state index contributed by atoms with van der Waals surface area (Å²) in [5.41, 5.74) is 2.26. The zero-order chi connectivity index (χ0) is 15.7. The van der Waals surface area contributed by atoms with Crippen molar-refractivity contribution in [3.63, 3.8) is 0 Å². The smallest absolute Gasteiger partial charge is 0.254 e. The quantitative estimate of drug-likeness (QED) is 0.744. The van der Waals surface area contributed by atoms with Crippen molar-refractivity contribution in [1.82, 2.24) is 19.7 Å². The highest BCUT2D eigenvalue weighted by atomic mass is 32.1. The number of nitrogens with zero attached hydrogens (tertiary/aromatic N) is 4. The fraction of sp³-hybridized carbons (Fsp3) is 0.312. The molecule has 3 aromatic rings. The van der Waals surface area contributed by atoms with Gasteiger partial charge in [0.1, 0.15) is 0 Å². The Balaban J connectivity index is 2.08. The van der Waals surface area contributed by atoms with Crippen LogP contribution in [0.5, 0.6) is 0 Å². The average Bonchev–Trinajstić information content (AvgIpc) is 3.16. The number of carbonyl (C=O) groups is 1. The topological polar surface area (TPSA) is 51.0 Å². The average molecular weight is 314 g/mol. The molecule has 0 aliphatic rings. The summed E-state index contributed by atoms with van der Waals surface area (Å²) in [7, 11) is 1.81. The van der Waals surface area contributed by atoms with E-state index in [-0.39, 0.29) is 5.91 Å². The summed E-state index contributed by atoms with van der Waals surface area (Å²) in [6.07, 6.45) is 1.74. The van der Waals surface area contributed by atoms with Gasteiger partial charge in [0.05, 0.1) is 23.7 Å². The van der Waals surface area contributed by atoms with Crippen molar-refractivity contribution in [3.05, 3.63) is 45.9 Å². The Morgan fingerprint density at radius 1 is 1.45 bits per heavy atom. The fourth-order valence-electron chi connectivity index (χ4n) is 2.36. The zero-order valence-electron chi connectivity index (χ0n) is 12.9. The maximum absolute atomic E-state index is 12.5. The molecule has 0 aromatic carbocycles. The van der Waals surface area contributed by atoms with E-state index < -0.39 is 0 Å². The van der Waals surface area contributed by atoms with Gasteiger partial charge in [-0.2, -0.15) is 5.10 Å². The summed E-state index contributed by atoms with van der Waals surface area (Å²) in [5.74, 6) is 0.00803. The van der Waals surface area contributed by atoms with Crippen LogP contribution in [0.15, 0.2) is 29.8 Å². The first kappa shape index (κ1) is 14.7. The van der Waals surface area contributed by atoms with E-state index in [2.05, 4.69) is 16.1 Å². The van der Waals surface area contributed by atoms with Gasteiger partial charge in [-0.1, -0.05) is 6.07 Å². The van der Waals surface area contributed by atoms with Crippen molar-refractivity contribution in [2.45, 2.75) is 20.4 Å². The van der Waals surface area contributed by atoms with Crippen molar-refractivity contribution in [2.75, 3.05) is 13.6 Å². The van der Waals surface area contributed by atoms with Gasteiger partial charge in [-0.15, -0.1) is 11.3 Å². The molecule has 0 spiro atoms. The van der Waals surface area contributed by atoms with E-state index in [0.717, 1.165) is 16.7 Å². The van der Waals surface area contributed by atoms with E-state index in [1.807, 2.05) is 36.0 Å². The lowest BCUT2D eigenvalue weighted by molar-refractivity contribution is 0.0804. The van der Waals surface area contributed by atoms with Gasteiger partial charge in [-0.05, 0) is 31.4 Å². The van der Waals surface area contributed by atoms with Crippen molar-refractivity contribution in [3.8, 4) is 0 Å². The van der Waals surface area contributed by atoms with Crippen LogP contribution in [0.2, 0.25) is 0 Å². The second-order valence-corrected chi connectivity index (χ2v) is 6.28. The summed E-state index contributed by atoms with van der Waals surface area (Å²) < 4.78 is 1.86. The summed E-state index contributed by atoms with van der Waals surface area (Å²) in [4.78, 5) is 20.0. The molecule has 0 aliphatic carbocycles. The number of hydrogen-bond donors (Lipinski definition) is 0. The first-order valence-corrected chi connectivity index (χ1v) is 8.09. The molecule has 3 heterocycles. The number of pyridine rings is 1. The van der Waals surface area contributed by atoms with Gasteiger partial charge >= 0.3 is 0 Å². The van der Waals surface area contributed by atoms with E-state index in [4.69, 9.17) is 0 Å². The second-order valence-electron chi connectivity index (χ2n) is 5.25. The van der Waals surface area contributed by atoms with Gasteiger partial charge in [0.15, 0.2) is 5.65 Å². The molecule has 0 fully saturated rings. The van der Waals surface area contributed by atoms with Crippen LogP contribution in [-0.4, -0.2) is 39.2 Å². The fourth-order valence-corrected chi connectivity index (χ4v) is 3.05. The molecule has 0 unspecified atom stereocenters. The third-order valence-electron chi connectivity index (χ3n) is 3.67. The van der Waals surface area contributed by atoms with E-state index in [9.17, 15) is 4.79 Å². The largest absolute Gasteiger partial charge is 0.342 e. The molecule has 5 nitrogen and oxygen atoms in total. The highest BCUT2D eigenvalue weighted by Crippen LogP contribution is 2.21. The molecule has 6 heteroatoms. The number of aryl methyl sites for hydroxylation is 1. The zero-order valence-corrected chi connectivity index (χ0v) is 13.7. The Morgan fingerprint density at radius 3 is 2.95 bits per heavy atom. The maximum atomic E-state index is 12.5. The molecule has 0 saturated carbocycles. The molecular weight excluding hydrogens is 296 g/mol. The predicted octanol–water partition coefficient (Wildman–Crippen LogP) is 2.94. The molecule has 0 radical (unpaired) electrons. The third-order valence-corrected chi connectivity index (χ3v) is 4.54. The minimum atomic E-state index is 0.00803. The number of aromatic nitrogens is 3. The molecule has 0 N–H and O–H groups in total. The van der Waals surface area contributed by atoms with Gasteiger partial charge in [-0.25, -0.2) is 9.67 Å². The minimum Gasteiger partial charge on any atom is -0.342 e. The lowest BCUT2D eigenvalue weighted by atomic mass is 10.1. The van der Waals surface area contributed by atoms with Crippen LogP contribution in [-0.2, 0) is 6.54 Å². The molecule has 0 atom stereocenters. The Hall–Kier alpha value is -2.21. The number of hydrogen-bond acceptors (Lipinski definition) is 4. The highest BCUT2D eigenvalue weighted by molar-refractivity contribution is 7.09. The van der Waals surface area contributed by atoms with E-state index in [1.54, 1.807) is 29.5 Å². The van der Waals surface area contributed by atoms with Crippen molar-refractivity contribution < 1.29 is 4.79 Å². The molecule has 3 aromatic heterocycles. The van der Waals surface area contributed by atoms with Crippen LogP contribution in [0.1, 0.15) is 27.9 Å². The van der Waals surface area contributed by atoms with Gasteiger partial charge in [0.25, 0.3) is 5.91 Å². The van der Waals surface area contributed by atoms with E-state index >= 15 is 0 Å². The number of amides is 1. The van der Waals surface area contributed by atoms with Gasteiger partial charge in [0, 0.05) is 24.2 Å². The predicted molar refractivity (Wildman–Crippen MR) is 88.3 cm³/mol. The third kappa shape index (κ3) is 2.62. The van der Waals surface area contributed by atoms with Crippen molar-refractivity contribution >= 4 is 28.3 Å². The summed E-state index contributed by atoms with van der Waals surface area (Å²) in [6, 6.07) is 5.94. The summed E-state index contributed by atoms with van der Waals surface area (Å²) >= 11 is 1.69. The summed E-state index contributed by atoms with van der Waals surface area (Å²) in [6.45, 7) is 5.22. The lowest BCUT2D eigenvalue weighted by Crippen LogP contribution is -2.26. The molecular formula is C16H18N4OS. The van der Waals surface area contributed by atoms with Gasteiger partial charge in [-0.3, -0.25) is 4.79 Å². The molecule has 3 rings (SSSR count). The molecule has 0 aliphatic heterocycles. The van der Waals surface area contributed by atoms with Gasteiger partial charge < -0.3 is 4.90 Å². The number of fused-ring (bicyclic) bond motifs is 1. The van der Waals surface area contributed by atoms with Crippen molar-refractivity contribution in [1.29, 1.82) is 0 Å². The molecule has 0 bridgehead atoms. The monoisotopic (exact) mass is 314 g/mol. The number of rotatable bonds is 4. The Morgan fingerprint density at radius 2 is 2.27 bits per heavy atom. The highest BCUT2D eigenvalue weighted by Gasteiger charge is 2.18. The Kier molecular flexibility index (Phi) is 3.94. The van der Waals surface area contributed by atoms with Crippen LogP contribution in [0.3, 0.4) is 0 Å². The van der Waals surface area contributed by atoms with Gasteiger partial charge in [0.2, 0.25) is 0 Å². The first-order valence-electron chi connectivity index (χ1n) is 7.21. The summed E-state index contributed by atoms with van der Waals surface area (Å²) in [5, 5.41) is 7.29. The number of carbonyl (C=O) groups excluding carboxylic acids is 1. The standard InChI is InChI=1S/C16H18N4OS/c1-4-19(3)16(21)13-8-11(2)18-15-14(13)9-17-20(15)10-12-6-5-7-22-12/h5-9H,4,10H2,1-3H3. The van der Waals surface area contributed by atoms with Crippen molar-refractivity contribution in [2.24, 2.45) is 0 Å². The normalized spacial score (nSPS) is 11.0. The van der Waals surface area contributed by atoms with Crippen LogP contribution in [0.4, 0.5) is 0 Å².